The maximum absolute atomic E-state index is 14.7. The molecule has 0 N–H and O–H groups in total. The second-order valence-corrected chi connectivity index (χ2v) is 12.3. The second kappa shape index (κ2) is 11.8. The molecule has 0 radical (unpaired) electrons. The molecule has 45 heavy (non-hydrogen) atoms. The number of carbonyl (C=O) groups excluding carboxylic acids is 4. The molecular weight excluding hydrogens is 580 g/mol. The summed E-state index contributed by atoms with van der Waals surface area (Å²) in [6.45, 7) is 7.37. The zero-order valence-corrected chi connectivity index (χ0v) is 26.3. The Labute approximate surface area is 260 Å². The second-order valence-electron chi connectivity index (χ2n) is 12.3. The zero-order valence-electron chi connectivity index (χ0n) is 26.3. The van der Waals surface area contributed by atoms with Crippen molar-refractivity contribution in [3.8, 4) is 17.2 Å². The van der Waals surface area contributed by atoms with Crippen molar-refractivity contribution in [1.82, 2.24) is 19.7 Å². The van der Waals surface area contributed by atoms with E-state index in [0.717, 1.165) is 9.80 Å². The van der Waals surface area contributed by atoms with Crippen molar-refractivity contribution < 1.29 is 37.5 Å². The van der Waals surface area contributed by atoms with Gasteiger partial charge in [0, 0.05) is 19.7 Å². The number of fused-ring (bicyclic) bond motifs is 3. The van der Waals surface area contributed by atoms with Gasteiger partial charge in [0.2, 0.25) is 17.6 Å². The van der Waals surface area contributed by atoms with Crippen molar-refractivity contribution in [3.63, 3.8) is 0 Å². The third-order valence-electron chi connectivity index (χ3n) is 7.59. The van der Waals surface area contributed by atoms with Gasteiger partial charge in [0.05, 0.1) is 17.6 Å². The molecule has 4 aromatic rings. The molecule has 4 amide bonds. The normalized spacial score (nSPS) is 17.2. The van der Waals surface area contributed by atoms with Crippen LogP contribution in [-0.4, -0.2) is 81.9 Å². The van der Waals surface area contributed by atoms with Crippen LogP contribution in [0.4, 0.5) is 4.79 Å². The number of ether oxygens (including phenoxy) is 2. The van der Waals surface area contributed by atoms with Gasteiger partial charge in [-0.1, -0.05) is 30.3 Å². The molecule has 236 valence electrons. The molecule has 0 unspecified atom stereocenters. The van der Waals surface area contributed by atoms with E-state index in [1.54, 1.807) is 84.3 Å². The summed E-state index contributed by atoms with van der Waals surface area (Å²) in [5.74, 6) is -1.69. The number of hydrogen-bond acceptors (Lipinski definition) is 9. The van der Waals surface area contributed by atoms with Crippen molar-refractivity contribution in [2.75, 3.05) is 27.2 Å². The van der Waals surface area contributed by atoms with Crippen molar-refractivity contribution >= 4 is 34.8 Å². The number of benzene rings is 2. The quantitative estimate of drug-likeness (QED) is 0.283. The predicted molar refractivity (Wildman–Crippen MR) is 163 cm³/mol. The average molecular weight is 617 g/mol. The van der Waals surface area contributed by atoms with E-state index >= 15 is 0 Å². The summed E-state index contributed by atoms with van der Waals surface area (Å²) in [4.78, 5) is 63.4. The molecule has 2 aromatic carbocycles. The number of furan rings is 1. The number of nitrogens with zero attached hydrogens (tertiary/aromatic N) is 4. The summed E-state index contributed by atoms with van der Waals surface area (Å²) in [5.41, 5.74) is -1.16. The lowest BCUT2D eigenvalue weighted by atomic mass is 9.96. The van der Waals surface area contributed by atoms with Crippen molar-refractivity contribution in [2.24, 2.45) is 0 Å². The first-order chi connectivity index (χ1) is 21.2. The maximum Gasteiger partial charge on any atom is 0.417 e. The molecule has 0 spiro atoms. The Morgan fingerprint density at radius 1 is 1.11 bits per heavy atom. The van der Waals surface area contributed by atoms with Gasteiger partial charge in [-0.15, -0.1) is 0 Å². The molecule has 0 fully saturated rings. The first kappa shape index (κ1) is 31.3. The standard InChI is InChI=1S/C33H36N4O8/c1-20(21-11-9-8-10-12-21)37(31(41)45-32(2,3)4)30(40)33(5)19-43-26-23-14-13-22(28-34-15-16-42-28)17-24(23)44-27(26)29(39)36(33)18-25(38)35(6)7/h8-17,20H,18-19H2,1-7H3/t20-,33-/m1/s1. The summed E-state index contributed by atoms with van der Waals surface area (Å²) in [7, 11) is 3.09. The molecule has 0 saturated carbocycles. The molecule has 3 heterocycles. The monoisotopic (exact) mass is 616 g/mol. The Hall–Kier alpha value is -5.13. The van der Waals surface area contributed by atoms with Crippen molar-refractivity contribution in [1.29, 1.82) is 0 Å². The van der Waals surface area contributed by atoms with E-state index in [-0.39, 0.29) is 18.1 Å². The van der Waals surface area contributed by atoms with Gasteiger partial charge in [-0.2, -0.15) is 0 Å². The Balaban J connectivity index is 1.61. The summed E-state index contributed by atoms with van der Waals surface area (Å²) in [6.07, 6.45) is 2.06. The molecule has 1 aliphatic rings. The number of amides is 4. The minimum atomic E-state index is -1.84. The molecule has 0 aliphatic carbocycles. The maximum atomic E-state index is 14.7. The van der Waals surface area contributed by atoms with E-state index in [0.29, 0.717) is 28.0 Å². The number of hydrogen-bond donors (Lipinski definition) is 0. The van der Waals surface area contributed by atoms with Crippen LogP contribution in [0.1, 0.15) is 56.8 Å². The molecule has 2 atom stereocenters. The predicted octanol–water partition coefficient (Wildman–Crippen LogP) is 5.29. The molecule has 5 rings (SSSR count). The number of aromatic nitrogens is 1. The lowest BCUT2D eigenvalue weighted by Gasteiger charge is -2.41. The Kier molecular flexibility index (Phi) is 8.17. The summed E-state index contributed by atoms with van der Waals surface area (Å²) >= 11 is 0. The van der Waals surface area contributed by atoms with Crippen LogP contribution in [0.2, 0.25) is 0 Å². The van der Waals surface area contributed by atoms with Crippen LogP contribution in [0.3, 0.4) is 0 Å². The summed E-state index contributed by atoms with van der Waals surface area (Å²) in [6, 6.07) is 13.3. The Morgan fingerprint density at radius 2 is 1.82 bits per heavy atom. The lowest BCUT2D eigenvalue weighted by molar-refractivity contribution is -0.146. The van der Waals surface area contributed by atoms with E-state index in [1.807, 2.05) is 6.07 Å². The fourth-order valence-corrected chi connectivity index (χ4v) is 5.06. The van der Waals surface area contributed by atoms with Gasteiger partial charge in [-0.25, -0.2) is 14.7 Å². The van der Waals surface area contributed by atoms with Gasteiger partial charge in [0.15, 0.2) is 11.3 Å². The van der Waals surface area contributed by atoms with E-state index < -0.39 is 47.5 Å². The van der Waals surface area contributed by atoms with Crippen LogP contribution in [-0.2, 0) is 14.3 Å². The average Bonchev–Trinajstić information content (AvgIpc) is 3.64. The highest BCUT2D eigenvalue weighted by molar-refractivity contribution is 6.08. The molecule has 12 heteroatoms. The first-order valence-electron chi connectivity index (χ1n) is 14.4. The van der Waals surface area contributed by atoms with E-state index in [9.17, 15) is 19.2 Å². The highest BCUT2D eigenvalue weighted by Gasteiger charge is 2.53. The number of oxazole rings is 1. The number of likely N-dealkylation sites (N-methyl/N-ethyl adjacent to an activating group) is 1. The minimum Gasteiger partial charge on any atom is -0.486 e. The van der Waals surface area contributed by atoms with Gasteiger partial charge >= 0.3 is 6.09 Å². The Morgan fingerprint density at radius 3 is 2.44 bits per heavy atom. The van der Waals surface area contributed by atoms with Crippen LogP contribution in [0, 0.1) is 0 Å². The van der Waals surface area contributed by atoms with Crippen LogP contribution < -0.4 is 4.74 Å². The number of rotatable bonds is 6. The van der Waals surface area contributed by atoms with Gasteiger partial charge in [0.1, 0.15) is 30.6 Å². The topological polar surface area (TPSA) is 136 Å². The van der Waals surface area contributed by atoms with Gasteiger partial charge < -0.3 is 28.1 Å². The molecular formula is C33H36N4O8. The minimum absolute atomic E-state index is 0.118. The smallest absolute Gasteiger partial charge is 0.417 e. The highest BCUT2D eigenvalue weighted by Crippen LogP contribution is 2.41. The van der Waals surface area contributed by atoms with Crippen LogP contribution in [0.25, 0.3) is 22.4 Å². The van der Waals surface area contributed by atoms with Crippen LogP contribution in [0.5, 0.6) is 5.75 Å². The van der Waals surface area contributed by atoms with Crippen LogP contribution >= 0.6 is 0 Å². The number of imide groups is 1. The van der Waals surface area contributed by atoms with E-state index in [4.69, 9.17) is 18.3 Å². The number of carbonyl (C=O) groups is 4. The van der Waals surface area contributed by atoms with Crippen molar-refractivity contribution in [2.45, 2.75) is 51.8 Å². The fraction of sp³-hybridized carbons (Fsp3) is 0.364. The molecule has 12 nitrogen and oxygen atoms in total. The third-order valence-corrected chi connectivity index (χ3v) is 7.59. The lowest BCUT2D eigenvalue weighted by Crippen LogP contribution is -2.64. The Bertz CT molecular complexity index is 1740. The fourth-order valence-electron chi connectivity index (χ4n) is 5.06. The van der Waals surface area contributed by atoms with E-state index in [1.165, 1.54) is 24.3 Å². The molecule has 1 aliphatic heterocycles. The molecule has 2 aromatic heterocycles. The molecule has 0 bridgehead atoms. The zero-order chi connectivity index (χ0) is 32.7. The first-order valence-corrected chi connectivity index (χ1v) is 14.4. The highest BCUT2D eigenvalue weighted by atomic mass is 16.6. The van der Waals surface area contributed by atoms with Crippen molar-refractivity contribution in [3.05, 3.63) is 72.3 Å². The van der Waals surface area contributed by atoms with Gasteiger partial charge in [-0.3, -0.25) is 14.4 Å². The van der Waals surface area contributed by atoms with Crippen LogP contribution in [0.15, 0.2) is 69.8 Å². The summed E-state index contributed by atoms with van der Waals surface area (Å²) in [5, 5.41) is 0.478. The van der Waals surface area contributed by atoms with E-state index in [2.05, 4.69) is 4.98 Å². The van der Waals surface area contributed by atoms with Gasteiger partial charge in [-0.05, 0) is 58.4 Å². The third kappa shape index (κ3) is 6.00. The SMILES string of the molecule is C[C@H](c1ccccc1)N(C(=O)OC(C)(C)C)C(=O)[C@@]1(C)COc2c(oc3cc(-c4ncco4)ccc23)C(=O)N1CC(=O)N(C)C. The summed E-state index contributed by atoms with van der Waals surface area (Å²) < 4.78 is 23.3. The largest absolute Gasteiger partial charge is 0.486 e. The van der Waals surface area contributed by atoms with Gasteiger partial charge in [0.25, 0.3) is 11.8 Å². The molecule has 0 saturated heterocycles.